The third-order valence-corrected chi connectivity index (χ3v) is 2.27. The Labute approximate surface area is 96.4 Å². The Kier molecular flexibility index (Phi) is 4.30. The van der Waals surface area contributed by atoms with E-state index in [-0.39, 0.29) is 11.2 Å². The van der Waals surface area contributed by atoms with E-state index in [1.807, 2.05) is 20.8 Å². The minimum Gasteiger partial charge on any atom is -0.491 e. The maximum Gasteiger partial charge on any atom is 0.130 e. The molecule has 2 nitrogen and oxygen atoms in total. The van der Waals surface area contributed by atoms with Gasteiger partial charge in [0, 0.05) is 12.7 Å². The summed E-state index contributed by atoms with van der Waals surface area (Å²) < 4.78 is 24.2. The molecule has 16 heavy (non-hydrogen) atoms. The predicted molar refractivity (Wildman–Crippen MR) is 62.5 cm³/mol. The van der Waals surface area contributed by atoms with E-state index in [4.69, 9.17) is 9.47 Å². The fraction of sp³-hybridized carbons (Fsp3) is 0.538. The van der Waals surface area contributed by atoms with Gasteiger partial charge in [-0.15, -0.1) is 0 Å². The average Bonchev–Trinajstić information content (AvgIpc) is 2.16. The summed E-state index contributed by atoms with van der Waals surface area (Å²) in [6.45, 7) is 6.83. The molecule has 0 aliphatic carbocycles. The van der Waals surface area contributed by atoms with Gasteiger partial charge in [-0.05, 0) is 17.5 Å². The molecule has 0 aliphatic rings. The maximum absolute atomic E-state index is 13.7. The highest BCUT2D eigenvalue weighted by Gasteiger charge is 2.23. The summed E-state index contributed by atoms with van der Waals surface area (Å²) in [6.07, 6.45) is 0. The summed E-state index contributed by atoms with van der Waals surface area (Å²) in [5, 5.41) is 0. The Morgan fingerprint density at radius 2 is 1.88 bits per heavy atom. The zero-order chi connectivity index (χ0) is 12.2. The smallest absolute Gasteiger partial charge is 0.130 e. The molecule has 1 aromatic carbocycles. The van der Waals surface area contributed by atoms with E-state index in [1.54, 1.807) is 19.2 Å². The maximum atomic E-state index is 13.7. The lowest BCUT2D eigenvalue weighted by molar-refractivity contribution is 0.144. The van der Waals surface area contributed by atoms with Gasteiger partial charge in [0.2, 0.25) is 0 Å². The summed E-state index contributed by atoms with van der Waals surface area (Å²) in [5.74, 6) is 0.381. The van der Waals surface area contributed by atoms with Gasteiger partial charge in [0.15, 0.2) is 0 Å². The molecule has 0 amide bonds. The zero-order valence-electron chi connectivity index (χ0n) is 10.3. The molecule has 0 saturated carbocycles. The molecule has 0 atom stereocenters. The van der Waals surface area contributed by atoms with Crippen LogP contribution in [0.25, 0.3) is 0 Å². The Balaban J connectivity index is 2.95. The molecule has 1 aromatic rings. The lowest BCUT2D eigenvalue weighted by Gasteiger charge is -2.23. The number of rotatable bonds is 4. The van der Waals surface area contributed by atoms with Crippen LogP contribution in [0.1, 0.15) is 26.3 Å². The number of hydrogen-bond acceptors (Lipinski definition) is 2. The fourth-order valence-electron chi connectivity index (χ4n) is 1.59. The summed E-state index contributed by atoms with van der Waals surface area (Å²) in [7, 11) is 1.61. The van der Waals surface area contributed by atoms with Crippen molar-refractivity contribution >= 4 is 0 Å². The second kappa shape index (κ2) is 5.30. The number of halogens is 1. The topological polar surface area (TPSA) is 18.5 Å². The molecule has 0 bridgehead atoms. The van der Waals surface area contributed by atoms with Crippen molar-refractivity contribution in [3.8, 4) is 5.75 Å². The Morgan fingerprint density at radius 1 is 1.19 bits per heavy atom. The van der Waals surface area contributed by atoms with Crippen LogP contribution in [0.4, 0.5) is 4.39 Å². The number of hydrogen-bond donors (Lipinski definition) is 0. The molecule has 1 rings (SSSR count). The van der Waals surface area contributed by atoms with E-state index in [0.29, 0.717) is 24.5 Å². The van der Waals surface area contributed by atoms with Crippen LogP contribution in [-0.2, 0) is 10.2 Å². The number of ether oxygens (including phenoxy) is 2. The van der Waals surface area contributed by atoms with Gasteiger partial charge in [0.1, 0.15) is 18.2 Å². The van der Waals surface area contributed by atoms with Crippen molar-refractivity contribution in [2.24, 2.45) is 0 Å². The average molecular weight is 226 g/mol. The first-order valence-corrected chi connectivity index (χ1v) is 5.37. The van der Waals surface area contributed by atoms with Crippen LogP contribution in [0, 0.1) is 5.82 Å². The van der Waals surface area contributed by atoms with Crippen molar-refractivity contribution in [1.29, 1.82) is 0 Å². The summed E-state index contributed by atoms with van der Waals surface area (Å²) in [5.41, 5.74) is 0.347. The molecular weight excluding hydrogens is 207 g/mol. The highest BCUT2D eigenvalue weighted by atomic mass is 19.1. The third kappa shape index (κ3) is 3.20. The van der Waals surface area contributed by atoms with E-state index in [2.05, 4.69) is 0 Å². The van der Waals surface area contributed by atoms with Crippen molar-refractivity contribution in [1.82, 2.24) is 0 Å². The van der Waals surface area contributed by atoms with Crippen molar-refractivity contribution < 1.29 is 13.9 Å². The molecule has 0 spiro atoms. The first kappa shape index (κ1) is 13.0. The van der Waals surface area contributed by atoms with E-state index in [1.165, 1.54) is 6.07 Å². The summed E-state index contributed by atoms with van der Waals surface area (Å²) in [6, 6.07) is 4.91. The molecular formula is C13H19FO2. The highest BCUT2D eigenvalue weighted by molar-refractivity contribution is 5.39. The van der Waals surface area contributed by atoms with Crippen molar-refractivity contribution in [2.45, 2.75) is 26.2 Å². The SMILES string of the molecule is COCCOc1cccc(F)c1C(C)(C)C. The lowest BCUT2D eigenvalue weighted by atomic mass is 9.86. The van der Waals surface area contributed by atoms with Crippen LogP contribution in [0.3, 0.4) is 0 Å². The highest BCUT2D eigenvalue weighted by Crippen LogP contribution is 2.33. The van der Waals surface area contributed by atoms with Gasteiger partial charge >= 0.3 is 0 Å². The number of benzene rings is 1. The van der Waals surface area contributed by atoms with Crippen LogP contribution >= 0.6 is 0 Å². The predicted octanol–water partition coefficient (Wildman–Crippen LogP) is 3.15. The first-order chi connectivity index (χ1) is 7.46. The molecule has 0 radical (unpaired) electrons. The normalized spacial score (nSPS) is 11.6. The van der Waals surface area contributed by atoms with Crippen LogP contribution < -0.4 is 4.74 Å². The fourth-order valence-corrected chi connectivity index (χ4v) is 1.59. The Morgan fingerprint density at radius 3 is 2.44 bits per heavy atom. The largest absolute Gasteiger partial charge is 0.491 e. The van der Waals surface area contributed by atoms with Gasteiger partial charge in [-0.2, -0.15) is 0 Å². The quantitative estimate of drug-likeness (QED) is 0.734. The minimum absolute atomic E-state index is 0.220. The van der Waals surface area contributed by atoms with E-state index >= 15 is 0 Å². The van der Waals surface area contributed by atoms with Crippen LogP contribution in [0.5, 0.6) is 5.75 Å². The van der Waals surface area contributed by atoms with Crippen molar-refractivity contribution in [3.05, 3.63) is 29.6 Å². The molecule has 0 aliphatic heterocycles. The van der Waals surface area contributed by atoms with Gasteiger partial charge in [0.05, 0.1) is 6.61 Å². The Hall–Kier alpha value is -1.09. The van der Waals surface area contributed by atoms with Crippen LogP contribution in [0.15, 0.2) is 18.2 Å². The third-order valence-electron chi connectivity index (χ3n) is 2.27. The molecule has 0 aromatic heterocycles. The van der Waals surface area contributed by atoms with Crippen molar-refractivity contribution in [2.75, 3.05) is 20.3 Å². The number of methoxy groups -OCH3 is 1. The second-order valence-corrected chi connectivity index (χ2v) is 4.70. The van der Waals surface area contributed by atoms with E-state index in [9.17, 15) is 4.39 Å². The molecule has 0 unspecified atom stereocenters. The van der Waals surface area contributed by atoms with Gasteiger partial charge in [0.25, 0.3) is 0 Å². The Bertz CT molecular complexity index is 342. The standard InChI is InChI=1S/C13H19FO2/c1-13(2,3)12-10(14)6-5-7-11(12)16-9-8-15-4/h5-7H,8-9H2,1-4H3. The zero-order valence-corrected chi connectivity index (χ0v) is 10.3. The molecule has 0 fully saturated rings. The molecule has 3 heteroatoms. The van der Waals surface area contributed by atoms with Gasteiger partial charge in [-0.25, -0.2) is 4.39 Å². The lowest BCUT2D eigenvalue weighted by Crippen LogP contribution is -2.17. The van der Waals surface area contributed by atoms with Gasteiger partial charge in [-0.1, -0.05) is 26.8 Å². The summed E-state index contributed by atoms with van der Waals surface area (Å²) in [4.78, 5) is 0. The van der Waals surface area contributed by atoms with Crippen molar-refractivity contribution in [3.63, 3.8) is 0 Å². The molecule has 0 heterocycles. The molecule has 0 N–H and O–H groups in total. The van der Waals surface area contributed by atoms with E-state index < -0.39 is 0 Å². The van der Waals surface area contributed by atoms with Gasteiger partial charge < -0.3 is 9.47 Å². The summed E-state index contributed by atoms with van der Waals surface area (Å²) >= 11 is 0. The van der Waals surface area contributed by atoms with Gasteiger partial charge in [-0.3, -0.25) is 0 Å². The minimum atomic E-state index is -0.270. The van der Waals surface area contributed by atoms with Crippen LogP contribution in [0.2, 0.25) is 0 Å². The molecule has 0 saturated heterocycles. The molecule has 90 valence electrons. The first-order valence-electron chi connectivity index (χ1n) is 5.37. The van der Waals surface area contributed by atoms with Crippen LogP contribution in [-0.4, -0.2) is 20.3 Å². The second-order valence-electron chi connectivity index (χ2n) is 4.70. The van der Waals surface area contributed by atoms with E-state index in [0.717, 1.165) is 0 Å². The monoisotopic (exact) mass is 226 g/mol.